The lowest BCUT2D eigenvalue weighted by atomic mass is 9.93. The Hall–Kier alpha value is -2.16. The molecule has 0 saturated carbocycles. The second kappa shape index (κ2) is 5.22. The standard InChI is InChI=1S/C16H17N3/c1-19-12-11-18-16(19)15(13-7-3-2-4-8-13)14-9-5-6-10-17-14/h2-10,15H,11-12H2,1H3. The van der Waals surface area contributed by atoms with E-state index in [1.54, 1.807) is 0 Å². The summed E-state index contributed by atoms with van der Waals surface area (Å²) in [6, 6.07) is 16.5. The highest BCUT2D eigenvalue weighted by Crippen LogP contribution is 2.27. The van der Waals surface area contributed by atoms with Crippen molar-refractivity contribution in [1.29, 1.82) is 0 Å². The van der Waals surface area contributed by atoms with E-state index in [1.165, 1.54) is 5.56 Å². The van der Waals surface area contributed by atoms with E-state index in [0.29, 0.717) is 0 Å². The van der Waals surface area contributed by atoms with Crippen LogP contribution in [0, 0.1) is 0 Å². The van der Waals surface area contributed by atoms with Gasteiger partial charge < -0.3 is 4.90 Å². The Morgan fingerprint density at radius 2 is 1.84 bits per heavy atom. The predicted molar refractivity (Wildman–Crippen MR) is 77.5 cm³/mol. The SMILES string of the molecule is CN1CCN=C1C(c1ccccc1)c1ccccn1. The largest absolute Gasteiger partial charge is 0.361 e. The van der Waals surface area contributed by atoms with Crippen LogP contribution in [0.5, 0.6) is 0 Å². The number of hydrogen-bond acceptors (Lipinski definition) is 3. The second-order valence-corrected chi connectivity index (χ2v) is 4.76. The fourth-order valence-corrected chi connectivity index (χ4v) is 2.51. The lowest BCUT2D eigenvalue weighted by Crippen LogP contribution is -2.29. The minimum atomic E-state index is 0.134. The van der Waals surface area contributed by atoms with Crippen LogP contribution in [0.25, 0.3) is 0 Å². The summed E-state index contributed by atoms with van der Waals surface area (Å²) in [6.45, 7) is 1.87. The van der Waals surface area contributed by atoms with Gasteiger partial charge in [-0.05, 0) is 17.7 Å². The van der Waals surface area contributed by atoms with Crippen LogP contribution in [0.15, 0.2) is 59.7 Å². The minimum Gasteiger partial charge on any atom is -0.361 e. The van der Waals surface area contributed by atoms with E-state index in [2.05, 4.69) is 52.3 Å². The molecule has 96 valence electrons. The van der Waals surface area contributed by atoms with Crippen LogP contribution >= 0.6 is 0 Å². The highest BCUT2D eigenvalue weighted by molar-refractivity contribution is 5.92. The van der Waals surface area contributed by atoms with E-state index >= 15 is 0 Å². The van der Waals surface area contributed by atoms with Gasteiger partial charge in [0.1, 0.15) is 5.84 Å². The topological polar surface area (TPSA) is 28.5 Å². The van der Waals surface area contributed by atoms with Gasteiger partial charge in [-0.25, -0.2) is 0 Å². The number of aromatic nitrogens is 1. The zero-order valence-electron chi connectivity index (χ0n) is 11.0. The molecule has 0 radical (unpaired) electrons. The van der Waals surface area contributed by atoms with Gasteiger partial charge in [0.25, 0.3) is 0 Å². The molecule has 3 heteroatoms. The average Bonchev–Trinajstić information content (AvgIpc) is 2.88. The number of pyridine rings is 1. The maximum Gasteiger partial charge on any atom is 0.112 e. The predicted octanol–water partition coefficient (Wildman–Crippen LogP) is 2.56. The first-order valence-electron chi connectivity index (χ1n) is 6.57. The van der Waals surface area contributed by atoms with E-state index in [1.807, 2.05) is 24.4 Å². The molecule has 2 aromatic rings. The number of likely N-dealkylation sites (N-methyl/N-ethyl adjacent to an activating group) is 1. The molecule has 0 amide bonds. The Morgan fingerprint density at radius 1 is 1.05 bits per heavy atom. The van der Waals surface area contributed by atoms with Gasteiger partial charge in [0, 0.05) is 19.8 Å². The minimum absolute atomic E-state index is 0.134. The van der Waals surface area contributed by atoms with Gasteiger partial charge in [-0.2, -0.15) is 0 Å². The first-order chi connectivity index (χ1) is 9.36. The molecule has 1 aromatic carbocycles. The van der Waals surface area contributed by atoms with Crippen LogP contribution in [-0.2, 0) is 0 Å². The maximum atomic E-state index is 4.67. The molecule has 1 atom stereocenters. The third-order valence-electron chi connectivity index (χ3n) is 3.47. The molecule has 1 aromatic heterocycles. The highest BCUT2D eigenvalue weighted by Gasteiger charge is 2.26. The average molecular weight is 251 g/mol. The van der Waals surface area contributed by atoms with Gasteiger partial charge in [0.15, 0.2) is 0 Å². The van der Waals surface area contributed by atoms with Crippen molar-refractivity contribution in [2.45, 2.75) is 5.92 Å². The Balaban J connectivity index is 2.07. The van der Waals surface area contributed by atoms with Crippen LogP contribution in [0.3, 0.4) is 0 Å². The molecule has 0 spiro atoms. The van der Waals surface area contributed by atoms with Crippen molar-refractivity contribution < 1.29 is 0 Å². The van der Waals surface area contributed by atoms with Crippen LogP contribution in [0.4, 0.5) is 0 Å². The summed E-state index contributed by atoms with van der Waals surface area (Å²) >= 11 is 0. The van der Waals surface area contributed by atoms with E-state index in [-0.39, 0.29) is 5.92 Å². The summed E-state index contributed by atoms with van der Waals surface area (Å²) in [4.78, 5) is 11.4. The Morgan fingerprint density at radius 3 is 2.47 bits per heavy atom. The van der Waals surface area contributed by atoms with Gasteiger partial charge >= 0.3 is 0 Å². The van der Waals surface area contributed by atoms with E-state index < -0.39 is 0 Å². The summed E-state index contributed by atoms with van der Waals surface area (Å²) in [5.41, 5.74) is 2.30. The van der Waals surface area contributed by atoms with Crippen LogP contribution in [0.2, 0.25) is 0 Å². The number of rotatable bonds is 3. The normalized spacial score (nSPS) is 16.3. The lowest BCUT2D eigenvalue weighted by Gasteiger charge is -2.23. The summed E-state index contributed by atoms with van der Waals surface area (Å²) in [6.07, 6.45) is 1.85. The molecular formula is C16H17N3. The van der Waals surface area contributed by atoms with Gasteiger partial charge in [0.2, 0.25) is 0 Å². The molecule has 3 nitrogen and oxygen atoms in total. The van der Waals surface area contributed by atoms with E-state index in [9.17, 15) is 0 Å². The third-order valence-corrected chi connectivity index (χ3v) is 3.47. The van der Waals surface area contributed by atoms with Crippen molar-refractivity contribution in [3.63, 3.8) is 0 Å². The fourth-order valence-electron chi connectivity index (χ4n) is 2.51. The van der Waals surface area contributed by atoms with Crippen molar-refractivity contribution >= 4 is 5.84 Å². The summed E-state index contributed by atoms with van der Waals surface area (Å²) < 4.78 is 0. The van der Waals surface area contributed by atoms with Gasteiger partial charge in [-0.15, -0.1) is 0 Å². The molecule has 3 rings (SSSR count). The number of amidine groups is 1. The number of benzene rings is 1. The molecule has 0 aliphatic carbocycles. The summed E-state index contributed by atoms with van der Waals surface area (Å²) in [5.74, 6) is 1.25. The Bertz CT molecular complexity index is 524. The number of hydrogen-bond donors (Lipinski definition) is 0. The number of nitrogens with zero attached hydrogens (tertiary/aromatic N) is 3. The van der Waals surface area contributed by atoms with Crippen molar-refractivity contribution in [3.8, 4) is 0 Å². The zero-order chi connectivity index (χ0) is 13.1. The fraction of sp³-hybridized carbons (Fsp3) is 0.250. The summed E-state index contributed by atoms with van der Waals surface area (Å²) in [7, 11) is 2.10. The molecule has 1 unspecified atom stereocenters. The zero-order valence-corrected chi connectivity index (χ0v) is 11.0. The molecule has 0 N–H and O–H groups in total. The van der Waals surface area contributed by atoms with E-state index in [0.717, 1.165) is 24.6 Å². The van der Waals surface area contributed by atoms with Crippen molar-refractivity contribution in [2.75, 3.05) is 20.1 Å². The first kappa shape index (κ1) is 11.9. The molecule has 0 saturated heterocycles. The monoisotopic (exact) mass is 251 g/mol. The Labute approximate surface area is 113 Å². The smallest absolute Gasteiger partial charge is 0.112 e. The first-order valence-corrected chi connectivity index (χ1v) is 6.57. The second-order valence-electron chi connectivity index (χ2n) is 4.76. The van der Waals surface area contributed by atoms with Gasteiger partial charge in [-0.1, -0.05) is 36.4 Å². The molecule has 19 heavy (non-hydrogen) atoms. The highest BCUT2D eigenvalue weighted by atomic mass is 15.2. The quantitative estimate of drug-likeness (QED) is 0.838. The van der Waals surface area contributed by atoms with Crippen LogP contribution in [0.1, 0.15) is 17.2 Å². The molecule has 1 aliphatic heterocycles. The van der Waals surface area contributed by atoms with Crippen molar-refractivity contribution in [3.05, 3.63) is 66.0 Å². The van der Waals surface area contributed by atoms with Crippen molar-refractivity contribution in [1.82, 2.24) is 9.88 Å². The number of aliphatic imine (C=N–C) groups is 1. The third kappa shape index (κ3) is 2.36. The molecule has 0 fully saturated rings. The van der Waals surface area contributed by atoms with Gasteiger partial charge in [0.05, 0.1) is 18.2 Å². The molecule has 0 bridgehead atoms. The molecular weight excluding hydrogens is 234 g/mol. The van der Waals surface area contributed by atoms with Crippen LogP contribution in [-0.4, -0.2) is 35.9 Å². The van der Waals surface area contributed by atoms with Crippen molar-refractivity contribution in [2.24, 2.45) is 4.99 Å². The molecule has 2 heterocycles. The maximum absolute atomic E-state index is 4.67. The van der Waals surface area contributed by atoms with Crippen LogP contribution < -0.4 is 0 Å². The molecule has 1 aliphatic rings. The Kier molecular flexibility index (Phi) is 3.27. The summed E-state index contributed by atoms with van der Waals surface area (Å²) in [5, 5.41) is 0. The van der Waals surface area contributed by atoms with E-state index in [4.69, 9.17) is 0 Å². The lowest BCUT2D eigenvalue weighted by molar-refractivity contribution is 0.541. The van der Waals surface area contributed by atoms with Gasteiger partial charge in [-0.3, -0.25) is 9.98 Å².